The fraction of sp³-hybridized carbons (Fsp3) is 0.238. The molecule has 0 bridgehead atoms. The maximum Gasteiger partial charge on any atom is 0.387 e. The predicted molar refractivity (Wildman–Crippen MR) is 108 cm³/mol. The molecule has 9 heteroatoms. The van der Waals surface area contributed by atoms with Crippen molar-refractivity contribution in [2.24, 2.45) is 4.99 Å². The van der Waals surface area contributed by atoms with Gasteiger partial charge in [0.1, 0.15) is 11.6 Å². The van der Waals surface area contributed by atoms with Gasteiger partial charge in [-0.2, -0.15) is 13.9 Å². The van der Waals surface area contributed by atoms with Gasteiger partial charge in [0.25, 0.3) is 0 Å². The molecule has 30 heavy (non-hydrogen) atoms. The molecule has 2 N–H and O–H groups in total. The van der Waals surface area contributed by atoms with Gasteiger partial charge in [-0.15, -0.1) is 0 Å². The van der Waals surface area contributed by atoms with E-state index in [-0.39, 0.29) is 17.9 Å². The van der Waals surface area contributed by atoms with Crippen LogP contribution in [0.5, 0.6) is 5.75 Å². The molecule has 3 rings (SSSR count). The molecular formula is C21H22F3N5O. The van der Waals surface area contributed by atoms with E-state index in [2.05, 4.69) is 25.5 Å². The minimum absolute atomic E-state index is 0.000155. The zero-order chi connectivity index (χ0) is 21.3. The molecule has 158 valence electrons. The number of benzene rings is 2. The molecule has 3 aromatic rings. The van der Waals surface area contributed by atoms with Gasteiger partial charge in [0.15, 0.2) is 5.96 Å². The van der Waals surface area contributed by atoms with Crippen LogP contribution in [0.4, 0.5) is 13.2 Å². The predicted octanol–water partition coefficient (Wildman–Crippen LogP) is 3.54. The maximum atomic E-state index is 14.1. The third-order valence-electron chi connectivity index (χ3n) is 4.40. The summed E-state index contributed by atoms with van der Waals surface area (Å²) in [6, 6.07) is 13.6. The second-order valence-corrected chi connectivity index (χ2v) is 6.35. The number of halogens is 3. The van der Waals surface area contributed by atoms with Crippen molar-refractivity contribution in [3.63, 3.8) is 0 Å². The third kappa shape index (κ3) is 5.76. The monoisotopic (exact) mass is 417 g/mol. The summed E-state index contributed by atoms with van der Waals surface area (Å²) in [5.74, 6) is -0.451. The van der Waals surface area contributed by atoms with Crippen molar-refractivity contribution in [2.75, 3.05) is 7.05 Å². The summed E-state index contributed by atoms with van der Waals surface area (Å²) in [4.78, 5) is 4.11. The van der Waals surface area contributed by atoms with Crippen molar-refractivity contribution in [1.82, 2.24) is 20.4 Å². The molecule has 0 spiro atoms. The number of nitrogens with one attached hydrogen (secondary N) is 2. The van der Waals surface area contributed by atoms with E-state index in [0.717, 1.165) is 11.1 Å². The van der Waals surface area contributed by atoms with Gasteiger partial charge in [0.05, 0.1) is 6.54 Å². The number of aromatic nitrogens is 2. The molecule has 0 saturated heterocycles. The van der Waals surface area contributed by atoms with Crippen LogP contribution in [0.3, 0.4) is 0 Å². The van der Waals surface area contributed by atoms with Gasteiger partial charge >= 0.3 is 6.61 Å². The van der Waals surface area contributed by atoms with Crippen molar-refractivity contribution in [3.05, 3.63) is 83.4 Å². The highest BCUT2D eigenvalue weighted by molar-refractivity contribution is 5.79. The number of ether oxygens (including phenoxy) is 1. The van der Waals surface area contributed by atoms with Crippen LogP contribution >= 0.6 is 0 Å². The average Bonchev–Trinajstić information content (AvgIpc) is 3.23. The van der Waals surface area contributed by atoms with Crippen molar-refractivity contribution >= 4 is 5.96 Å². The largest absolute Gasteiger partial charge is 0.434 e. The van der Waals surface area contributed by atoms with Crippen molar-refractivity contribution < 1.29 is 17.9 Å². The highest BCUT2D eigenvalue weighted by Gasteiger charge is 2.14. The van der Waals surface area contributed by atoms with Crippen LogP contribution in [0.15, 0.2) is 65.9 Å². The first-order chi connectivity index (χ1) is 14.6. The Morgan fingerprint density at radius 2 is 1.83 bits per heavy atom. The summed E-state index contributed by atoms with van der Waals surface area (Å²) in [7, 11) is 1.57. The molecule has 0 fully saturated rings. The Labute approximate surface area is 172 Å². The number of alkyl halides is 2. The molecule has 0 aliphatic rings. The second kappa shape index (κ2) is 10.3. The van der Waals surface area contributed by atoms with E-state index >= 15 is 0 Å². The number of rotatable bonds is 8. The lowest BCUT2D eigenvalue weighted by atomic mass is 10.1. The average molecular weight is 417 g/mol. The molecule has 0 amide bonds. The molecular weight excluding hydrogens is 395 g/mol. The smallest absolute Gasteiger partial charge is 0.387 e. The summed E-state index contributed by atoms with van der Waals surface area (Å²) < 4.78 is 45.5. The van der Waals surface area contributed by atoms with Crippen molar-refractivity contribution in [3.8, 4) is 5.75 Å². The zero-order valence-corrected chi connectivity index (χ0v) is 16.4. The normalized spacial score (nSPS) is 11.6. The highest BCUT2D eigenvalue weighted by atomic mass is 19.3. The molecule has 0 atom stereocenters. The molecule has 0 saturated carbocycles. The number of hydrogen-bond donors (Lipinski definition) is 2. The first-order valence-corrected chi connectivity index (χ1v) is 9.27. The van der Waals surface area contributed by atoms with Gasteiger partial charge in [-0.1, -0.05) is 30.3 Å². The lowest BCUT2D eigenvalue weighted by Gasteiger charge is -2.16. The van der Waals surface area contributed by atoms with Crippen LogP contribution in [-0.2, 0) is 19.6 Å². The summed E-state index contributed by atoms with van der Waals surface area (Å²) in [6.07, 6.45) is 3.61. The van der Waals surface area contributed by atoms with Gasteiger partial charge in [0.2, 0.25) is 0 Å². The van der Waals surface area contributed by atoms with Gasteiger partial charge in [0, 0.05) is 38.1 Å². The molecule has 6 nitrogen and oxygen atoms in total. The molecule has 0 unspecified atom stereocenters. The Morgan fingerprint density at radius 1 is 1.07 bits per heavy atom. The molecule has 0 aliphatic carbocycles. The number of guanidine groups is 1. The van der Waals surface area contributed by atoms with Gasteiger partial charge < -0.3 is 15.4 Å². The first-order valence-electron chi connectivity index (χ1n) is 9.27. The maximum absolute atomic E-state index is 14.1. The third-order valence-corrected chi connectivity index (χ3v) is 4.40. The van der Waals surface area contributed by atoms with Crippen molar-refractivity contribution in [2.45, 2.75) is 26.2 Å². The van der Waals surface area contributed by atoms with E-state index in [1.54, 1.807) is 13.2 Å². The SMILES string of the molecule is CN=C(NCc1ccccc1Cn1cccn1)NCc1c(F)cccc1OC(F)F. The number of hydrogen-bond acceptors (Lipinski definition) is 3. The van der Waals surface area contributed by atoms with Crippen molar-refractivity contribution in [1.29, 1.82) is 0 Å². The fourth-order valence-corrected chi connectivity index (χ4v) is 2.94. The number of aliphatic imine (C=N–C) groups is 1. The number of nitrogens with zero attached hydrogens (tertiary/aromatic N) is 3. The Balaban J connectivity index is 1.63. The van der Waals surface area contributed by atoms with E-state index in [0.29, 0.717) is 19.0 Å². The molecule has 0 aliphatic heterocycles. The highest BCUT2D eigenvalue weighted by Crippen LogP contribution is 2.23. The van der Waals surface area contributed by atoms with Crippen LogP contribution in [0.1, 0.15) is 16.7 Å². The van der Waals surface area contributed by atoms with E-state index in [4.69, 9.17) is 0 Å². The summed E-state index contributed by atoms with van der Waals surface area (Å²) in [5.41, 5.74) is 2.13. The minimum atomic E-state index is -3.03. The summed E-state index contributed by atoms with van der Waals surface area (Å²) in [5, 5.41) is 10.3. The lowest BCUT2D eigenvalue weighted by Crippen LogP contribution is -2.36. The van der Waals surface area contributed by atoms with Gasteiger partial charge in [-0.3, -0.25) is 9.67 Å². The summed E-state index contributed by atoms with van der Waals surface area (Å²) in [6.45, 7) is -2.01. The van der Waals surface area contributed by atoms with E-state index in [1.807, 2.05) is 41.2 Å². The Bertz CT molecular complexity index is 977. The quantitative estimate of drug-likeness (QED) is 0.435. The van der Waals surface area contributed by atoms with Crippen LogP contribution in [0, 0.1) is 5.82 Å². The molecule has 1 heterocycles. The minimum Gasteiger partial charge on any atom is -0.434 e. The van der Waals surface area contributed by atoms with Gasteiger partial charge in [-0.05, 0) is 29.3 Å². The Hall–Kier alpha value is -3.49. The molecule has 2 aromatic carbocycles. The lowest BCUT2D eigenvalue weighted by molar-refractivity contribution is -0.0506. The Morgan fingerprint density at radius 3 is 2.53 bits per heavy atom. The Kier molecular flexibility index (Phi) is 7.31. The fourth-order valence-electron chi connectivity index (χ4n) is 2.94. The summed E-state index contributed by atoms with van der Waals surface area (Å²) >= 11 is 0. The van der Waals surface area contributed by atoms with E-state index in [1.165, 1.54) is 18.2 Å². The van der Waals surface area contributed by atoms with Crippen LogP contribution in [0.2, 0.25) is 0 Å². The standard InChI is InChI=1S/C21H22F3N5O/c1-25-21(27-13-17-18(22)8-4-9-19(17)30-20(23)24)26-12-15-6-2-3-7-16(15)14-29-11-5-10-28-29/h2-11,20H,12-14H2,1H3,(H2,25,26,27). The zero-order valence-electron chi connectivity index (χ0n) is 16.4. The van der Waals surface area contributed by atoms with Crippen LogP contribution in [0.25, 0.3) is 0 Å². The molecule has 0 radical (unpaired) electrons. The van der Waals surface area contributed by atoms with Crippen LogP contribution in [-0.4, -0.2) is 29.4 Å². The van der Waals surface area contributed by atoms with E-state index in [9.17, 15) is 13.2 Å². The van der Waals surface area contributed by atoms with E-state index < -0.39 is 12.4 Å². The second-order valence-electron chi connectivity index (χ2n) is 6.35. The first kappa shape index (κ1) is 21.2. The van der Waals surface area contributed by atoms with Gasteiger partial charge in [-0.25, -0.2) is 4.39 Å². The topological polar surface area (TPSA) is 63.5 Å². The van der Waals surface area contributed by atoms with Crippen LogP contribution < -0.4 is 15.4 Å². The molecule has 1 aromatic heterocycles.